The molecule has 0 saturated carbocycles. The molecular weight excluding hydrogens is 286 g/mol. The van der Waals surface area contributed by atoms with E-state index in [1.54, 1.807) is 6.33 Å². The quantitative estimate of drug-likeness (QED) is 0.781. The van der Waals surface area contributed by atoms with E-state index >= 15 is 0 Å². The minimum atomic E-state index is 0.431. The molecule has 1 aromatic heterocycles. The van der Waals surface area contributed by atoms with E-state index in [2.05, 4.69) is 57.3 Å². The molecule has 1 saturated heterocycles. The molecule has 4 heteroatoms. The molecule has 2 aromatic carbocycles. The number of anilines is 1. The van der Waals surface area contributed by atoms with Gasteiger partial charge in [0.25, 0.3) is 0 Å². The fourth-order valence-electron chi connectivity index (χ4n) is 3.48. The lowest BCUT2D eigenvalue weighted by molar-refractivity contribution is 0.340. The molecular formula is C19H21N3O. The maximum atomic E-state index is 5.54. The van der Waals surface area contributed by atoms with Crippen LogP contribution in [0.25, 0.3) is 11.0 Å². The van der Waals surface area contributed by atoms with E-state index in [1.807, 2.05) is 6.92 Å². The van der Waals surface area contributed by atoms with Crippen LogP contribution in [0.4, 0.5) is 5.69 Å². The number of fused-ring (bicyclic) bond motifs is 1. The fraction of sp³-hybridized carbons (Fsp3) is 0.316. The molecule has 0 amide bonds. The first kappa shape index (κ1) is 14.1. The van der Waals surface area contributed by atoms with Crippen molar-refractivity contribution < 1.29 is 4.74 Å². The molecule has 4 nitrogen and oxygen atoms in total. The zero-order valence-corrected chi connectivity index (χ0v) is 13.3. The Balaban J connectivity index is 1.62. The first-order valence-electron chi connectivity index (χ1n) is 8.27. The molecule has 3 aromatic rings. The number of aromatic amines is 1. The third-order valence-corrected chi connectivity index (χ3v) is 4.56. The number of imidazole rings is 1. The first-order chi connectivity index (χ1) is 11.3. The minimum Gasteiger partial charge on any atom is -0.494 e. The van der Waals surface area contributed by atoms with Gasteiger partial charge in [0.15, 0.2) is 0 Å². The summed E-state index contributed by atoms with van der Waals surface area (Å²) in [6.07, 6.45) is 4.17. The second-order valence-corrected chi connectivity index (χ2v) is 5.96. The molecule has 0 spiro atoms. The molecule has 2 heterocycles. The number of benzene rings is 2. The molecule has 1 aliphatic rings. The van der Waals surface area contributed by atoms with Crippen molar-refractivity contribution in [2.75, 3.05) is 18.1 Å². The number of ether oxygens (including phenoxy) is 1. The molecule has 23 heavy (non-hydrogen) atoms. The van der Waals surface area contributed by atoms with Gasteiger partial charge in [-0.2, -0.15) is 0 Å². The number of H-pyrrole nitrogens is 1. The molecule has 4 rings (SSSR count). The normalized spacial score (nSPS) is 17.8. The van der Waals surface area contributed by atoms with Crippen molar-refractivity contribution in [2.24, 2.45) is 0 Å². The first-order valence-corrected chi connectivity index (χ1v) is 8.27. The Morgan fingerprint density at radius 2 is 2.09 bits per heavy atom. The number of rotatable bonds is 4. The van der Waals surface area contributed by atoms with Crippen LogP contribution in [-0.2, 0) is 0 Å². The highest BCUT2D eigenvalue weighted by molar-refractivity contribution is 5.75. The van der Waals surface area contributed by atoms with Crippen molar-refractivity contribution in [3.63, 3.8) is 0 Å². The second-order valence-electron chi connectivity index (χ2n) is 5.96. The maximum absolute atomic E-state index is 5.54. The molecule has 1 fully saturated rings. The van der Waals surface area contributed by atoms with Crippen LogP contribution in [0.1, 0.15) is 31.4 Å². The molecule has 1 N–H and O–H groups in total. The van der Waals surface area contributed by atoms with E-state index in [0.29, 0.717) is 12.6 Å². The lowest BCUT2D eigenvalue weighted by atomic mass is 10.0. The summed E-state index contributed by atoms with van der Waals surface area (Å²) in [4.78, 5) is 10.0. The Morgan fingerprint density at radius 1 is 1.22 bits per heavy atom. The third kappa shape index (κ3) is 2.65. The van der Waals surface area contributed by atoms with Crippen molar-refractivity contribution in [1.29, 1.82) is 0 Å². The van der Waals surface area contributed by atoms with Crippen LogP contribution in [0.5, 0.6) is 5.75 Å². The van der Waals surface area contributed by atoms with Gasteiger partial charge in [-0.25, -0.2) is 4.98 Å². The minimum absolute atomic E-state index is 0.431. The van der Waals surface area contributed by atoms with Crippen LogP contribution in [0.15, 0.2) is 48.8 Å². The SMILES string of the molecule is CCOc1ccc(N2CCCC2c2ccc3nc[nH]c3c2)cc1. The van der Waals surface area contributed by atoms with Crippen molar-refractivity contribution in [2.45, 2.75) is 25.8 Å². The second kappa shape index (κ2) is 5.95. The van der Waals surface area contributed by atoms with Gasteiger partial charge in [-0.3, -0.25) is 0 Å². The monoisotopic (exact) mass is 307 g/mol. The number of hydrogen-bond acceptors (Lipinski definition) is 3. The Bertz CT molecular complexity index is 794. The van der Waals surface area contributed by atoms with Gasteiger partial charge >= 0.3 is 0 Å². The number of hydrogen-bond donors (Lipinski definition) is 1. The van der Waals surface area contributed by atoms with Gasteiger partial charge in [0, 0.05) is 12.2 Å². The summed E-state index contributed by atoms with van der Waals surface area (Å²) in [6.45, 7) is 3.81. The van der Waals surface area contributed by atoms with Crippen LogP contribution in [0.3, 0.4) is 0 Å². The molecule has 0 aliphatic carbocycles. The highest BCUT2D eigenvalue weighted by Gasteiger charge is 2.26. The standard InChI is InChI=1S/C19H21N3O/c1-2-23-16-8-6-15(7-9-16)22-11-3-4-19(22)14-5-10-17-18(12-14)21-13-20-17/h5-10,12-13,19H,2-4,11H2,1H3,(H,20,21). The van der Waals surface area contributed by atoms with Gasteiger partial charge in [0.1, 0.15) is 5.75 Å². The summed E-state index contributed by atoms with van der Waals surface area (Å²) in [6, 6.07) is 15.4. The van der Waals surface area contributed by atoms with Crippen molar-refractivity contribution >= 4 is 16.7 Å². The average molecular weight is 307 g/mol. The Kier molecular flexibility index (Phi) is 3.66. The van der Waals surface area contributed by atoms with E-state index in [0.717, 1.165) is 23.3 Å². The van der Waals surface area contributed by atoms with E-state index in [-0.39, 0.29) is 0 Å². The van der Waals surface area contributed by atoms with Crippen LogP contribution in [0, 0.1) is 0 Å². The lowest BCUT2D eigenvalue weighted by Crippen LogP contribution is -2.22. The number of nitrogens with zero attached hydrogens (tertiary/aromatic N) is 2. The summed E-state index contributed by atoms with van der Waals surface area (Å²) in [5.74, 6) is 0.936. The van der Waals surface area contributed by atoms with Crippen LogP contribution in [0.2, 0.25) is 0 Å². The van der Waals surface area contributed by atoms with Gasteiger partial charge in [0.05, 0.1) is 30.0 Å². The van der Waals surface area contributed by atoms with Gasteiger partial charge in [-0.15, -0.1) is 0 Å². The lowest BCUT2D eigenvalue weighted by Gasteiger charge is -2.27. The fourth-order valence-corrected chi connectivity index (χ4v) is 3.48. The third-order valence-electron chi connectivity index (χ3n) is 4.56. The summed E-state index contributed by atoms with van der Waals surface area (Å²) in [5, 5.41) is 0. The van der Waals surface area contributed by atoms with Gasteiger partial charge in [-0.1, -0.05) is 6.07 Å². The van der Waals surface area contributed by atoms with E-state index in [9.17, 15) is 0 Å². The molecule has 1 aliphatic heterocycles. The summed E-state index contributed by atoms with van der Waals surface area (Å²) >= 11 is 0. The van der Waals surface area contributed by atoms with Gasteiger partial charge < -0.3 is 14.6 Å². The predicted molar refractivity (Wildman–Crippen MR) is 93.0 cm³/mol. The van der Waals surface area contributed by atoms with Crippen molar-refractivity contribution in [3.8, 4) is 5.75 Å². The van der Waals surface area contributed by atoms with Gasteiger partial charge in [0.2, 0.25) is 0 Å². The number of nitrogens with one attached hydrogen (secondary N) is 1. The maximum Gasteiger partial charge on any atom is 0.119 e. The molecule has 118 valence electrons. The highest BCUT2D eigenvalue weighted by Crippen LogP contribution is 2.37. The van der Waals surface area contributed by atoms with Crippen molar-refractivity contribution in [1.82, 2.24) is 9.97 Å². The Morgan fingerprint density at radius 3 is 2.91 bits per heavy atom. The zero-order chi connectivity index (χ0) is 15.6. The van der Waals surface area contributed by atoms with E-state index in [4.69, 9.17) is 4.74 Å². The highest BCUT2D eigenvalue weighted by atomic mass is 16.5. The summed E-state index contributed by atoms with van der Waals surface area (Å²) in [7, 11) is 0. The smallest absolute Gasteiger partial charge is 0.119 e. The molecule has 0 radical (unpaired) electrons. The van der Waals surface area contributed by atoms with Crippen LogP contribution < -0.4 is 9.64 Å². The molecule has 1 unspecified atom stereocenters. The van der Waals surface area contributed by atoms with Crippen LogP contribution >= 0.6 is 0 Å². The summed E-state index contributed by atoms with van der Waals surface area (Å²) in [5.41, 5.74) is 4.76. The van der Waals surface area contributed by atoms with Crippen molar-refractivity contribution in [3.05, 3.63) is 54.4 Å². The van der Waals surface area contributed by atoms with Crippen LogP contribution in [-0.4, -0.2) is 23.1 Å². The Hall–Kier alpha value is -2.49. The molecule has 1 atom stereocenters. The van der Waals surface area contributed by atoms with Gasteiger partial charge in [-0.05, 0) is 61.7 Å². The topological polar surface area (TPSA) is 41.1 Å². The molecule has 0 bridgehead atoms. The predicted octanol–water partition coefficient (Wildman–Crippen LogP) is 4.30. The number of aromatic nitrogens is 2. The average Bonchev–Trinajstić information content (AvgIpc) is 3.24. The Labute approximate surface area is 136 Å². The summed E-state index contributed by atoms with van der Waals surface area (Å²) < 4.78 is 5.54. The largest absolute Gasteiger partial charge is 0.494 e. The van der Waals surface area contributed by atoms with E-state index in [1.165, 1.54) is 24.1 Å². The van der Waals surface area contributed by atoms with E-state index < -0.39 is 0 Å². The zero-order valence-electron chi connectivity index (χ0n) is 13.3.